The van der Waals surface area contributed by atoms with E-state index in [-0.39, 0.29) is 0 Å². The van der Waals surface area contributed by atoms with Crippen LogP contribution in [0.25, 0.3) is 0 Å². The van der Waals surface area contributed by atoms with Gasteiger partial charge in [0.15, 0.2) is 56.6 Å². The fourth-order valence-electron chi connectivity index (χ4n) is 13.1. The van der Waals surface area contributed by atoms with Gasteiger partial charge in [0.25, 0.3) is 0 Å². The van der Waals surface area contributed by atoms with E-state index in [4.69, 9.17) is 80.5 Å². The maximum absolute atomic E-state index is 12.4. The van der Waals surface area contributed by atoms with Crippen molar-refractivity contribution in [2.45, 2.75) is 283 Å². The minimum absolute atomic E-state index is 0.849. The Labute approximate surface area is 581 Å². The fraction of sp³-hybridized carbons (Fsp3) is 0.982. The summed E-state index contributed by atoms with van der Waals surface area (Å²) in [7, 11) is 0. The number of aliphatic hydroxyl groups excluding tert-OH is 28. The van der Waals surface area contributed by atoms with Gasteiger partial charge in [0.1, 0.15) is 220 Å². The zero-order chi connectivity index (χ0) is 75.6. The number of rotatable bonds is 26. The molecule has 0 aromatic carbocycles. The Bertz CT molecular complexity index is 2580. The minimum Gasteiger partial charge on any atom is -0.394 e. The summed E-state index contributed by atoms with van der Waals surface area (Å²) in [6.07, 6.45) is -93.5. The summed E-state index contributed by atoms with van der Waals surface area (Å²) in [6, 6.07) is -1.76. The lowest BCUT2D eigenvalue weighted by Crippen LogP contribution is -2.69. The highest BCUT2D eigenvalue weighted by atomic mass is 16.8. The number of carbonyl (C=O) groups excluding carboxylic acids is 1. The van der Waals surface area contributed by atoms with Gasteiger partial charge < -0.3 is 229 Å². The number of aliphatic hydroxyl groups is 28. The summed E-state index contributed by atoms with van der Waals surface area (Å²) in [4.78, 5) is 12.3. The molecule has 9 heterocycles. The van der Waals surface area contributed by atoms with E-state index >= 15 is 0 Å². The van der Waals surface area contributed by atoms with E-state index in [1.807, 2.05) is 0 Å². The summed E-state index contributed by atoms with van der Waals surface area (Å²) >= 11 is 0. The fourth-order valence-corrected chi connectivity index (χ4v) is 13.1. The van der Waals surface area contributed by atoms with E-state index in [1.54, 1.807) is 0 Å². The van der Waals surface area contributed by atoms with Crippen LogP contribution in [-0.2, 0) is 85.3 Å². The monoisotopic (exact) mass is 1520 g/mol. The molecule has 9 saturated heterocycles. The molecule has 1 unspecified atom stereocenters. The van der Waals surface area contributed by atoms with E-state index in [1.165, 1.54) is 0 Å². The van der Waals surface area contributed by atoms with Crippen molar-refractivity contribution < 1.29 is 228 Å². The summed E-state index contributed by atoms with van der Waals surface area (Å²) in [6.45, 7) is -8.82. The van der Waals surface area contributed by atoms with Crippen molar-refractivity contribution in [3.05, 3.63) is 0 Å². The van der Waals surface area contributed by atoms with Crippen LogP contribution in [0, 0.1) is 0 Å². The molecule has 29 N–H and O–H groups in total. The molecule has 0 bridgehead atoms. The molecule has 103 heavy (non-hydrogen) atoms. The smallest absolute Gasteiger partial charge is 0.217 e. The summed E-state index contributed by atoms with van der Waals surface area (Å²) in [5.74, 6) is -0.849. The molecular weight excluding hydrogens is 1420 g/mol. The normalized spacial score (nSPS) is 52.4. The van der Waals surface area contributed by atoms with Crippen LogP contribution >= 0.6 is 0 Å². The Morgan fingerprint density at radius 1 is 0.252 bits per heavy atom. The van der Waals surface area contributed by atoms with Crippen molar-refractivity contribution in [1.29, 1.82) is 0 Å². The molecule has 45 atom stereocenters. The predicted molar refractivity (Wildman–Crippen MR) is 309 cm³/mol. The molecule has 9 aliphatic heterocycles. The Kier molecular flexibility index (Phi) is 30.2. The van der Waals surface area contributed by atoms with Crippen LogP contribution in [0.1, 0.15) is 6.92 Å². The highest BCUT2D eigenvalue weighted by molar-refractivity contribution is 5.73. The van der Waals surface area contributed by atoms with Crippen molar-refractivity contribution in [2.75, 3.05) is 59.5 Å². The number of hydrogen-bond donors (Lipinski definition) is 29. The third kappa shape index (κ3) is 18.0. The highest BCUT2D eigenvalue weighted by Crippen LogP contribution is 2.39. The highest BCUT2D eigenvalue weighted by Gasteiger charge is 2.60. The first-order chi connectivity index (χ1) is 48.8. The van der Waals surface area contributed by atoms with Crippen molar-refractivity contribution in [3.8, 4) is 0 Å². The average Bonchev–Trinajstić information content (AvgIpc) is 0.774. The van der Waals surface area contributed by atoms with Gasteiger partial charge in [-0.05, 0) is 0 Å². The molecular formula is C56H95NO46. The van der Waals surface area contributed by atoms with E-state index < -0.39 is 342 Å². The maximum atomic E-state index is 12.4. The Balaban J connectivity index is 1.06. The maximum Gasteiger partial charge on any atom is 0.217 e. The molecule has 9 rings (SSSR count). The molecule has 47 nitrogen and oxygen atoms in total. The molecule has 600 valence electrons. The van der Waals surface area contributed by atoms with Crippen molar-refractivity contribution in [3.63, 3.8) is 0 Å². The lowest BCUT2D eigenvalue weighted by atomic mass is 9.95. The van der Waals surface area contributed by atoms with Crippen LogP contribution in [0.2, 0.25) is 0 Å². The molecule has 1 amide bonds. The Morgan fingerprint density at radius 2 is 0.515 bits per heavy atom. The molecule has 0 aromatic rings. The zero-order valence-electron chi connectivity index (χ0n) is 54.2. The van der Waals surface area contributed by atoms with Crippen LogP contribution in [0.3, 0.4) is 0 Å². The number of amides is 1. The molecule has 9 aliphatic rings. The second-order valence-electron chi connectivity index (χ2n) is 26.0. The summed E-state index contributed by atoms with van der Waals surface area (Å²) in [5, 5.41) is 308. The first-order valence-corrected chi connectivity index (χ1v) is 32.7. The second kappa shape index (κ2) is 36.7. The Morgan fingerprint density at radius 3 is 0.864 bits per heavy atom. The molecule has 0 aromatic heterocycles. The standard InChI is InChI=1S/C56H95NO46/c1-11(65)57-21-30(74)42(18(8-64)89-48(21)86)98-53-41(85)44(100-56-47(36(80)27(71)17(7-63)95-56)103-52-39(83)33(77)24(68)14(4-60)92-52)29(73)20(97-53)9-87-49-40(84)43(99-55-46(35(79)26(70)16(6-62)94-55)102-51-38(82)32(76)23(67)13(3-59)91-51)28(72)19(96-49)10-88-54-45(34(78)25(69)15(5-61)93-54)101-50-37(81)31(75)22(66)12(2-58)90-50/h12-56,58-64,66-86H,2-10H2,1H3,(H,57,65)/t12-,13-,14-,15-,16-,17-,18-,19-,20-,21-,22-,23-,24-,25-,26-,27-,28-,29-,30-,31+,32+,33+,34+,35+,36+,37+,38+,39+,40+,41+,42-,43+,44+,45+,46+,47+,48?,49+,50-,51-,52-,53+,54+,55-,56-/m1/s1. The van der Waals surface area contributed by atoms with E-state index in [0.717, 1.165) is 6.92 Å². The Hall–Kier alpha value is -2.33. The van der Waals surface area contributed by atoms with Gasteiger partial charge in [-0.15, -0.1) is 0 Å². The van der Waals surface area contributed by atoms with Crippen LogP contribution in [0.5, 0.6) is 0 Å². The lowest BCUT2D eigenvalue weighted by molar-refractivity contribution is -0.400. The van der Waals surface area contributed by atoms with Gasteiger partial charge in [0, 0.05) is 6.92 Å². The molecule has 9 fully saturated rings. The minimum atomic E-state index is -2.51. The SMILES string of the molecule is CC(=O)N[C@H]1C(O)O[C@H](CO)[C@@H](O[C@@H]2O[C@H](CO[C@H]3O[C@H](CO[C@H]4O[C@H](CO)[C@@H](O)[C@H](O)[C@@H]4O[C@H]4O[C@H](CO)[C@@H](O)[C@H](O)[C@@H]4O)[C@@H](O)[C@H](O[C@H]4O[C@H](CO)[C@@H](O)[C@H](O)[C@@H]4O[C@H]4O[C@H](CO)[C@@H](O)[C@H](O)[C@@H]4O)[C@@H]3O)[C@@H](O)[C@H](O[C@H]3O[C@H](CO)[C@@H](O)[C@H](O)[C@@H]3O[C@H]3O[C@H](CO)[C@@H](O)[C@H](O)[C@@H]3O)[C@@H]2O)[C@@H]1O. The topological polar surface area (TPSA) is 752 Å². The molecule has 47 heteroatoms. The van der Waals surface area contributed by atoms with Crippen LogP contribution in [0.15, 0.2) is 0 Å². The number of ether oxygens (including phenoxy) is 17. The van der Waals surface area contributed by atoms with E-state index in [2.05, 4.69) is 5.32 Å². The van der Waals surface area contributed by atoms with Gasteiger partial charge in [-0.25, -0.2) is 0 Å². The first kappa shape index (κ1) is 84.7. The van der Waals surface area contributed by atoms with E-state index in [0.29, 0.717) is 0 Å². The van der Waals surface area contributed by atoms with Crippen molar-refractivity contribution >= 4 is 5.91 Å². The lowest BCUT2D eigenvalue weighted by Gasteiger charge is -2.50. The molecule has 0 spiro atoms. The van der Waals surface area contributed by atoms with Gasteiger partial charge in [-0.1, -0.05) is 0 Å². The van der Waals surface area contributed by atoms with Gasteiger partial charge >= 0.3 is 0 Å². The largest absolute Gasteiger partial charge is 0.394 e. The van der Waals surface area contributed by atoms with Crippen LogP contribution in [-0.4, -0.2) is 485 Å². The summed E-state index contributed by atoms with van der Waals surface area (Å²) in [5.41, 5.74) is 0. The summed E-state index contributed by atoms with van der Waals surface area (Å²) < 4.78 is 98.4. The second-order valence-corrected chi connectivity index (χ2v) is 26.0. The van der Waals surface area contributed by atoms with E-state index in [9.17, 15) is 148 Å². The quantitative estimate of drug-likeness (QED) is 0.0382. The molecule has 0 aliphatic carbocycles. The van der Waals surface area contributed by atoms with Gasteiger partial charge in [-0.3, -0.25) is 4.79 Å². The first-order valence-electron chi connectivity index (χ1n) is 32.7. The third-order valence-corrected chi connectivity index (χ3v) is 19.1. The average molecular weight is 1520 g/mol. The third-order valence-electron chi connectivity index (χ3n) is 19.1. The van der Waals surface area contributed by atoms with Gasteiger partial charge in [-0.2, -0.15) is 0 Å². The van der Waals surface area contributed by atoms with Crippen molar-refractivity contribution in [1.82, 2.24) is 5.32 Å². The number of hydrogen-bond acceptors (Lipinski definition) is 46. The van der Waals surface area contributed by atoms with Crippen LogP contribution < -0.4 is 5.32 Å². The van der Waals surface area contributed by atoms with Crippen LogP contribution in [0.4, 0.5) is 0 Å². The van der Waals surface area contributed by atoms with Gasteiger partial charge in [0.2, 0.25) is 5.91 Å². The zero-order valence-corrected chi connectivity index (χ0v) is 54.2. The van der Waals surface area contributed by atoms with Gasteiger partial charge in [0.05, 0.1) is 59.5 Å². The molecule has 0 saturated carbocycles. The number of nitrogens with one attached hydrogen (secondary N) is 1. The predicted octanol–water partition coefficient (Wildman–Crippen LogP) is -20.5. The number of carbonyl (C=O) groups is 1. The van der Waals surface area contributed by atoms with Crippen molar-refractivity contribution in [2.24, 2.45) is 0 Å². The molecule has 0 radical (unpaired) electrons.